The second-order valence-electron chi connectivity index (χ2n) is 5.09. The molecule has 1 heterocycles. The number of benzene rings is 1. The van der Waals surface area contributed by atoms with E-state index in [0.29, 0.717) is 12.2 Å². The number of carbonyl (C=O) groups is 1. The van der Waals surface area contributed by atoms with Gasteiger partial charge in [-0.1, -0.05) is 24.3 Å². The number of amides is 2. The number of carbonyl (C=O) groups excluding carboxylic acids is 1. The molecule has 1 aromatic heterocycles. The van der Waals surface area contributed by atoms with Crippen LogP contribution in [0.15, 0.2) is 42.6 Å². The minimum atomic E-state index is -0.733. The largest absolute Gasteiger partial charge is 0.394 e. The first-order valence-electron chi connectivity index (χ1n) is 6.80. The topological polar surface area (TPSA) is 87.1 Å². The van der Waals surface area contributed by atoms with Gasteiger partial charge in [0.15, 0.2) is 5.82 Å². The Labute approximate surface area is 122 Å². The normalized spacial score (nSPS) is 19.9. The van der Waals surface area contributed by atoms with Crippen molar-refractivity contribution in [3.8, 4) is 0 Å². The maximum absolute atomic E-state index is 12.1. The zero-order valence-electron chi connectivity index (χ0n) is 11.4. The molecule has 21 heavy (non-hydrogen) atoms. The number of aliphatic hydroxyl groups is 1. The number of aryl methyl sites for hydroxylation is 1. The second kappa shape index (κ2) is 5.49. The van der Waals surface area contributed by atoms with Crippen molar-refractivity contribution in [3.05, 3.63) is 53.7 Å². The molecule has 3 N–H and O–H groups in total. The molecular formula is C15H16N4O2. The van der Waals surface area contributed by atoms with E-state index in [1.165, 1.54) is 6.20 Å². The molecule has 1 aliphatic carbocycles. The lowest BCUT2D eigenvalue weighted by Gasteiger charge is -2.29. The smallest absolute Gasteiger partial charge is 0.321 e. The van der Waals surface area contributed by atoms with Crippen molar-refractivity contribution in [1.29, 1.82) is 0 Å². The van der Waals surface area contributed by atoms with Gasteiger partial charge in [0.25, 0.3) is 0 Å². The molecule has 3 rings (SSSR count). The number of urea groups is 1. The molecule has 1 unspecified atom stereocenters. The summed E-state index contributed by atoms with van der Waals surface area (Å²) in [5, 5.41) is 22.8. The van der Waals surface area contributed by atoms with Gasteiger partial charge < -0.3 is 10.4 Å². The second-order valence-corrected chi connectivity index (χ2v) is 5.09. The van der Waals surface area contributed by atoms with E-state index in [2.05, 4.69) is 20.8 Å². The Kier molecular flexibility index (Phi) is 3.53. The van der Waals surface area contributed by atoms with Crippen LogP contribution in [-0.4, -0.2) is 27.9 Å². The lowest BCUT2D eigenvalue weighted by atomic mass is 9.93. The summed E-state index contributed by atoms with van der Waals surface area (Å²) in [5.41, 5.74) is 1.40. The molecule has 0 fully saturated rings. The number of nitrogens with zero attached hydrogens (tertiary/aromatic N) is 2. The highest BCUT2D eigenvalue weighted by molar-refractivity contribution is 5.88. The van der Waals surface area contributed by atoms with Gasteiger partial charge in [-0.2, -0.15) is 5.10 Å². The van der Waals surface area contributed by atoms with E-state index in [0.717, 1.165) is 17.5 Å². The third-order valence-electron chi connectivity index (χ3n) is 3.79. The Morgan fingerprint density at radius 3 is 2.90 bits per heavy atom. The molecule has 6 heteroatoms. The van der Waals surface area contributed by atoms with E-state index in [1.807, 2.05) is 24.3 Å². The lowest BCUT2D eigenvalue weighted by molar-refractivity contribution is 0.164. The van der Waals surface area contributed by atoms with Gasteiger partial charge in [-0.25, -0.2) is 4.79 Å². The number of aromatic nitrogens is 2. The number of fused-ring (bicyclic) bond motifs is 1. The van der Waals surface area contributed by atoms with E-state index in [-0.39, 0.29) is 6.61 Å². The van der Waals surface area contributed by atoms with Gasteiger partial charge in [-0.15, -0.1) is 5.10 Å². The number of hydrogen-bond donors (Lipinski definition) is 3. The molecule has 0 aliphatic heterocycles. The van der Waals surface area contributed by atoms with Gasteiger partial charge in [0.05, 0.1) is 12.1 Å². The molecule has 1 aliphatic rings. The average molecular weight is 284 g/mol. The van der Waals surface area contributed by atoms with Crippen LogP contribution < -0.4 is 10.6 Å². The van der Waals surface area contributed by atoms with E-state index >= 15 is 0 Å². The monoisotopic (exact) mass is 284 g/mol. The summed E-state index contributed by atoms with van der Waals surface area (Å²) in [4.78, 5) is 12.1. The van der Waals surface area contributed by atoms with E-state index < -0.39 is 11.6 Å². The minimum absolute atomic E-state index is 0.141. The van der Waals surface area contributed by atoms with Gasteiger partial charge in [-0.05, 0) is 36.1 Å². The molecule has 2 aromatic rings. The van der Waals surface area contributed by atoms with Crippen LogP contribution >= 0.6 is 0 Å². The SMILES string of the molecule is O=C(Nc1cccnn1)NC1(CO)CCc2ccccc21. The first-order chi connectivity index (χ1) is 10.2. The highest BCUT2D eigenvalue weighted by atomic mass is 16.3. The maximum Gasteiger partial charge on any atom is 0.321 e. The Morgan fingerprint density at radius 2 is 2.14 bits per heavy atom. The molecule has 0 saturated heterocycles. The first kappa shape index (κ1) is 13.5. The van der Waals surface area contributed by atoms with Crippen molar-refractivity contribution in [3.63, 3.8) is 0 Å². The standard InChI is InChI=1S/C15H16N4O2/c20-10-15(8-7-11-4-1-2-5-12(11)15)18-14(21)17-13-6-3-9-16-19-13/h1-6,9,20H,7-8,10H2,(H2,17,18,19,21). The van der Waals surface area contributed by atoms with Crippen LogP contribution in [0.3, 0.4) is 0 Å². The molecule has 1 aromatic carbocycles. The fourth-order valence-corrected chi connectivity index (χ4v) is 2.75. The number of hydrogen-bond acceptors (Lipinski definition) is 4. The van der Waals surface area contributed by atoms with Gasteiger partial charge in [-0.3, -0.25) is 5.32 Å². The van der Waals surface area contributed by atoms with Crippen molar-refractivity contribution >= 4 is 11.8 Å². The van der Waals surface area contributed by atoms with E-state index in [9.17, 15) is 9.90 Å². The number of nitrogens with one attached hydrogen (secondary N) is 2. The summed E-state index contributed by atoms with van der Waals surface area (Å²) >= 11 is 0. The van der Waals surface area contributed by atoms with Crippen molar-refractivity contribution in [2.75, 3.05) is 11.9 Å². The van der Waals surface area contributed by atoms with Crippen LogP contribution in [0.1, 0.15) is 17.5 Å². The summed E-state index contributed by atoms with van der Waals surface area (Å²) in [7, 11) is 0. The Bertz CT molecular complexity index is 647. The molecule has 0 bridgehead atoms. The molecule has 2 amide bonds. The van der Waals surface area contributed by atoms with Crippen molar-refractivity contribution in [2.24, 2.45) is 0 Å². The van der Waals surface area contributed by atoms with Crippen LogP contribution in [0.2, 0.25) is 0 Å². The third-order valence-corrected chi connectivity index (χ3v) is 3.79. The fourth-order valence-electron chi connectivity index (χ4n) is 2.75. The number of aliphatic hydroxyl groups excluding tert-OH is 1. The van der Waals surface area contributed by atoms with Crippen molar-refractivity contribution in [2.45, 2.75) is 18.4 Å². The van der Waals surface area contributed by atoms with Crippen molar-refractivity contribution < 1.29 is 9.90 Å². The van der Waals surface area contributed by atoms with Gasteiger partial charge in [0.2, 0.25) is 0 Å². The lowest BCUT2D eigenvalue weighted by Crippen LogP contribution is -2.49. The van der Waals surface area contributed by atoms with Gasteiger partial charge in [0.1, 0.15) is 0 Å². The number of anilines is 1. The van der Waals surface area contributed by atoms with Crippen molar-refractivity contribution in [1.82, 2.24) is 15.5 Å². The van der Waals surface area contributed by atoms with Crippen LogP contribution in [-0.2, 0) is 12.0 Å². The third kappa shape index (κ3) is 2.57. The Morgan fingerprint density at radius 1 is 1.29 bits per heavy atom. The van der Waals surface area contributed by atoms with Crippen LogP contribution in [0, 0.1) is 0 Å². The highest BCUT2D eigenvalue weighted by Crippen LogP contribution is 2.36. The maximum atomic E-state index is 12.1. The number of rotatable bonds is 3. The fraction of sp³-hybridized carbons (Fsp3) is 0.267. The predicted octanol–water partition coefficient (Wildman–Crippen LogP) is 1.43. The molecule has 108 valence electrons. The van der Waals surface area contributed by atoms with Gasteiger partial charge >= 0.3 is 6.03 Å². The molecular weight excluding hydrogens is 268 g/mol. The Hall–Kier alpha value is -2.47. The summed E-state index contributed by atoms with van der Waals surface area (Å²) in [5.74, 6) is 0.370. The molecule has 0 spiro atoms. The quantitative estimate of drug-likeness (QED) is 0.795. The Balaban J connectivity index is 1.78. The summed E-state index contributed by atoms with van der Waals surface area (Å²) < 4.78 is 0. The highest BCUT2D eigenvalue weighted by Gasteiger charge is 2.39. The molecule has 0 radical (unpaired) electrons. The molecule has 6 nitrogen and oxygen atoms in total. The summed E-state index contributed by atoms with van der Waals surface area (Å²) in [6.45, 7) is -0.141. The predicted molar refractivity (Wildman–Crippen MR) is 77.7 cm³/mol. The zero-order chi connectivity index (χ0) is 14.7. The van der Waals surface area contributed by atoms with Gasteiger partial charge in [0, 0.05) is 6.20 Å². The van der Waals surface area contributed by atoms with Crippen LogP contribution in [0.25, 0.3) is 0 Å². The zero-order valence-corrected chi connectivity index (χ0v) is 11.4. The van der Waals surface area contributed by atoms with E-state index in [4.69, 9.17) is 0 Å². The van der Waals surface area contributed by atoms with Crippen LogP contribution in [0.4, 0.5) is 10.6 Å². The van der Waals surface area contributed by atoms with Crippen LogP contribution in [0.5, 0.6) is 0 Å². The molecule has 1 atom stereocenters. The summed E-state index contributed by atoms with van der Waals surface area (Å²) in [6, 6.07) is 10.8. The minimum Gasteiger partial charge on any atom is -0.394 e. The first-order valence-corrected chi connectivity index (χ1v) is 6.80. The van der Waals surface area contributed by atoms with E-state index in [1.54, 1.807) is 12.1 Å². The molecule has 0 saturated carbocycles. The average Bonchev–Trinajstić information content (AvgIpc) is 2.88. The summed E-state index contributed by atoms with van der Waals surface area (Å²) in [6.07, 6.45) is 3.05.